The zero-order valence-electron chi connectivity index (χ0n) is 15.5. The van der Waals surface area contributed by atoms with Gasteiger partial charge in [0, 0.05) is 17.4 Å². The van der Waals surface area contributed by atoms with E-state index in [4.69, 9.17) is 0 Å². The fourth-order valence-electron chi connectivity index (χ4n) is 3.54. The van der Waals surface area contributed by atoms with Crippen molar-refractivity contribution in [3.63, 3.8) is 0 Å². The SMILES string of the molecule is Cc1ccccc1C(=O)Nc1ccn2c(c1)c(C#N)c1nc3ccccc3nc12. The second-order valence-electron chi connectivity index (χ2n) is 6.81. The molecule has 5 rings (SSSR count). The maximum atomic E-state index is 12.6. The molecule has 138 valence electrons. The van der Waals surface area contributed by atoms with Crippen molar-refractivity contribution in [1.29, 1.82) is 5.26 Å². The molecule has 6 nitrogen and oxygen atoms in total. The molecule has 2 aromatic carbocycles. The summed E-state index contributed by atoms with van der Waals surface area (Å²) in [4.78, 5) is 22.0. The Morgan fingerprint density at radius 2 is 1.76 bits per heavy atom. The van der Waals surface area contributed by atoms with E-state index in [-0.39, 0.29) is 5.91 Å². The number of nitriles is 1. The van der Waals surface area contributed by atoms with Crippen molar-refractivity contribution in [2.24, 2.45) is 0 Å². The van der Waals surface area contributed by atoms with E-state index in [1.807, 2.05) is 53.8 Å². The maximum absolute atomic E-state index is 12.6. The molecule has 0 saturated heterocycles. The van der Waals surface area contributed by atoms with Crippen LogP contribution >= 0.6 is 0 Å². The monoisotopic (exact) mass is 377 g/mol. The van der Waals surface area contributed by atoms with E-state index in [0.717, 1.165) is 16.6 Å². The molecule has 0 unspecified atom stereocenters. The van der Waals surface area contributed by atoms with E-state index in [1.165, 1.54) is 0 Å². The van der Waals surface area contributed by atoms with Gasteiger partial charge in [0.2, 0.25) is 0 Å². The van der Waals surface area contributed by atoms with Gasteiger partial charge in [-0.25, -0.2) is 9.97 Å². The normalized spacial score (nSPS) is 11.0. The van der Waals surface area contributed by atoms with Crippen LogP contribution in [0.5, 0.6) is 0 Å². The molecule has 0 aliphatic heterocycles. The van der Waals surface area contributed by atoms with Gasteiger partial charge in [-0.3, -0.25) is 9.20 Å². The number of aromatic nitrogens is 3. The Hall–Kier alpha value is -4.24. The molecular formula is C23H15N5O. The van der Waals surface area contributed by atoms with E-state index in [2.05, 4.69) is 21.4 Å². The van der Waals surface area contributed by atoms with E-state index in [9.17, 15) is 10.1 Å². The van der Waals surface area contributed by atoms with Crippen molar-refractivity contribution in [2.75, 3.05) is 5.32 Å². The average molecular weight is 377 g/mol. The first-order valence-electron chi connectivity index (χ1n) is 9.13. The number of fused-ring (bicyclic) bond motifs is 4. The number of anilines is 1. The minimum Gasteiger partial charge on any atom is -0.322 e. The van der Waals surface area contributed by atoms with Crippen molar-refractivity contribution in [3.8, 4) is 6.07 Å². The zero-order valence-corrected chi connectivity index (χ0v) is 15.5. The number of hydrogen-bond donors (Lipinski definition) is 1. The van der Waals surface area contributed by atoms with Gasteiger partial charge in [0.25, 0.3) is 5.91 Å². The third-order valence-electron chi connectivity index (χ3n) is 4.99. The third-order valence-corrected chi connectivity index (χ3v) is 4.99. The number of carbonyl (C=O) groups is 1. The molecule has 6 heteroatoms. The van der Waals surface area contributed by atoms with Crippen molar-refractivity contribution in [2.45, 2.75) is 6.92 Å². The quantitative estimate of drug-likeness (QED) is 0.492. The second kappa shape index (κ2) is 6.43. The molecule has 3 aromatic heterocycles. The summed E-state index contributed by atoms with van der Waals surface area (Å²) in [5.74, 6) is -0.191. The van der Waals surface area contributed by atoms with Gasteiger partial charge in [-0.05, 0) is 42.8 Å². The molecule has 0 bridgehead atoms. The number of aryl methyl sites for hydroxylation is 1. The first-order chi connectivity index (χ1) is 14.2. The van der Waals surface area contributed by atoms with Gasteiger partial charge in [-0.15, -0.1) is 0 Å². The molecule has 0 radical (unpaired) electrons. The highest BCUT2D eigenvalue weighted by Crippen LogP contribution is 2.27. The molecule has 29 heavy (non-hydrogen) atoms. The van der Waals surface area contributed by atoms with Crippen molar-refractivity contribution >= 4 is 39.3 Å². The van der Waals surface area contributed by atoms with E-state index >= 15 is 0 Å². The lowest BCUT2D eigenvalue weighted by Crippen LogP contribution is -2.13. The Morgan fingerprint density at radius 1 is 1.03 bits per heavy atom. The minimum atomic E-state index is -0.191. The Balaban J connectivity index is 1.66. The van der Waals surface area contributed by atoms with Crippen LogP contribution in [0, 0.1) is 18.3 Å². The molecule has 5 aromatic rings. The lowest BCUT2D eigenvalue weighted by Gasteiger charge is -2.08. The van der Waals surface area contributed by atoms with Gasteiger partial charge in [0.05, 0.1) is 16.6 Å². The topological polar surface area (TPSA) is 83.1 Å². The third kappa shape index (κ3) is 2.68. The predicted molar refractivity (Wildman–Crippen MR) is 112 cm³/mol. The van der Waals surface area contributed by atoms with Gasteiger partial charge in [0.15, 0.2) is 5.65 Å². The van der Waals surface area contributed by atoms with Gasteiger partial charge in [-0.2, -0.15) is 5.26 Å². The van der Waals surface area contributed by atoms with Crippen molar-refractivity contribution < 1.29 is 4.79 Å². The van der Waals surface area contributed by atoms with E-state index < -0.39 is 0 Å². The number of nitrogens with zero attached hydrogens (tertiary/aromatic N) is 4. The average Bonchev–Trinajstić information content (AvgIpc) is 3.04. The lowest BCUT2D eigenvalue weighted by molar-refractivity contribution is 0.102. The number of benzene rings is 2. The molecule has 0 fully saturated rings. The smallest absolute Gasteiger partial charge is 0.255 e. The number of pyridine rings is 1. The van der Waals surface area contributed by atoms with Crippen LogP contribution < -0.4 is 5.32 Å². The summed E-state index contributed by atoms with van der Waals surface area (Å²) < 4.78 is 1.83. The molecular weight excluding hydrogens is 362 g/mol. The summed E-state index contributed by atoms with van der Waals surface area (Å²) in [5, 5.41) is 12.7. The van der Waals surface area contributed by atoms with Crippen LogP contribution in [-0.4, -0.2) is 20.3 Å². The fourth-order valence-corrected chi connectivity index (χ4v) is 3.54. The number of amides is 1. The standard InChI is InChI=1S/C23H15N5O/c1-14-6-2-3-7-16(14)23(29)25-15-10-11-28-20(12-15)17(13-24)21-22(28)27-19-9-5-4-8-18(19)26-21/h2-12H,1H3,(H,25,29). The summed E-state index contributed by atoms with van der Waals surface area (Å²) in [6.45, 7) is 1.90. The number of para-hydroxylation sites is 2. The van der Waals surface area contributed by atoms with E-state index in [1.54, 1.807) is 24.4 Å². The van der Waals surface area contributed by atoms with Gasteiger partial charge in [-0.1, -0.05) is 30.3 Å². The minimum absolute atomic E-state index is 0.191. The van der Waals surface area contributed by atoms with Gasteiger partial charge in [0.1, 0.15) is 17.1 Å². The fraction of sp³-hybridized carbons (Fsp3) is 0.0435. The first-order valence-corrected chi connectivity index (χ1v) is 9.13. The largest absolute Gasteiger partial charge is 0.322 e. The molecule has 0 saturated carbocycles. The molecule has 1 amide bonds. The Bertz CT molecular complexity index is 1480. The predicted octanol–water partition coefficient (Wildman–Crippen LogP) is 4.47. The number of hydrogen-bond acceptors (Lipinski definition) is 4. The van der Waals surface area contributed by atoms with Crippen LogP contribution in [0.2, 0.25) is 0 Å². The Morgan fingerprint density at radius 3 is 2.52 bits per heavy atom. The number of rotatable bonds is 2. The Kier molecular flexibility index (Phi) is 3.75. The zero-order chi connectivity index (χ0) is 20.0. The molecule has 0 aliphatic carbocycles. The van der Waals surface area contributed by atoms with Crippen LogP contribution in [0.15, 0.2) is 66.9 Å². The molecule has 0 spiro atoms. The molecule has 3 heterocycles. The summed E-state index contributed by atoms with van der Waals surface area (Å²) in [7, 11) is 0. The number of carbonyl (C=O) groups excluding carboxylic acids is 1. The maximum Gasteiger partial charge on any atom is 0.255 e. The van der Waals surface area contributed by atoms with Crippen LogP contribution in [0.4, 0.5) is 5.69 Å². The van der Waals surface area contributed by atoms with Crippen molar-refractivity contribution in [1.82, 2.24) is 14.4 Å². The van der Waals surface area contributed by atoms with Crippen molar-refractivity contribution in [3.05, 3.63) is 83.6 Å². The Labute approximate surface area is 166 Å². The first kappa shape index (κ1) is 16.9. The van der Waals surface area contributed by atoms with Crippen LogP contribution in [0.25, 0.3) is 27.7 Å². The molecule has 0 aliphatic rings. The van der Waals surface area contributed by atoms with Crippen LogP contribution in [0.1, 0.15) is 21.5 Å². The van der Waals surface area contributed by atoms with Crippen LogP contribution in [0.3, 0.4) is 0 Å². The van der Waals surface area contributed by atoms with Gasteiger partial charge >= 0.3 is 0 Å². The molecule has 0 atom stereocenters. The summed E-state index contributed by atoms with van der Waals surface area (Å²) in [6.07, 6.45) is 1.80. The second-order valence-corrected chi connectivity index (χ2v) is 6.81. The summed E-state index contributed by atoms with van der Waals surface area (Å²) in [6, 6.07) is 20.8. The highest BCUT2D eigenvalue weighted by Gasteiger charge is 2.16. The van der Waals surface area contributed by atoms with Gasteiger partial charge < -0.3 is 5.32 Å². The van der Waals surface area contributed by atoms with E-state index in [0.29, 0.717) is 33.5 Å². The summed E-state index contributed by atoms with van der Waals surface area (Å²) >= 11 is 0. The van der Waals surface area contributed by atoms with Crippen LogP contribution in [-0.2, 0) is 0 Å². The lowest BCUT2D eigenvalue weighted by atomic mass is 10.1. The summed E-state index contributed by atoms with van der Waals surface area (Å²) in [5.41, 5.74) is 5.88. The number of nitrogens with one attached hydrogen (secondary N) is 1. The highest BCUT2D eigenvalue weighted by molar-refractivity contribution is 6.06. The molecule has 1 N–H and O–H groups in total. The highest BCUT2D eigenvalue weighted by atomic mass is 16.1.